The summed E-state index contributed by atoms with van der Waals surface area (Å²) in [5.74, 6) is 0.780. The maximum atomic E-state index is 12.4. The van der Waals surface area contributed by atoms with Crippen LogP contribution in [0.5, 0.6) is 5.75 Å². The highest BCUT2D eigenvalue weighted by Gasteiger charge is 2.13. The van der Waals surface area contributed by atoms with Crippen LogP contribution in [0, 0.1) is 11.3 Å². The quantitative estimate of drug-likeness (QED) is 0.332. The Balaban J connectivity index is 1.68. The van der Waals surface area contributed by atoms with Gasteiger partial charge in [-0.2, -0.15) is 5.26 Å². The first-order valence-electron chi connectivity index (χ1n) is 9.02. The Bertz CT molecular complexity index is 1290. The topological polar surface area (TPSA) is 76.1 Å². The van der Waals surface area contributed by atoms with Gasteiger partial charge >= 0.3 is 5.63 Å². The molecule has 0 fully saturated rings. The number of rotatable bonds is 5. The number of nitriles is 1. The van der Waals surface area contributed by atoms with Crippen LogP contribution >= 0.6 is 11.3 Å². The van der Waals surface area contributed by atoms with Gasteiger partial charge in [-0.05, 0) is 42.8 Å². The number of hydrogen-bond donors (Lipinski definition) is 0. The van der Waals surface area contributed by atoms with Crippen LogP contribution in [0.3, 0.4) is 0 Å². The van der Waals surface area contributed by atoms with Crippen molar-refractivity contribution >= 4 is 34.0 Å². The highest BCUT2D eigenvalue weighted by molar-refractivity contribution is 7.11. The minimum Gasteiger partial charge on any atom is -0.494 e. The summed E-state index contributed by atoms with van der Waals surface area (Å²) in [5, 5.41) is 12.7. The summed E-state index contributed by atoms with van der Waals surface area (Å²) in [7, 11) is 0. The molecular weight excluding hydrogens is 384 g/mol. The zero-order chi connectivity index (χ0) is 20.2. The normalized spacial score (nSPS) is 11.4. The second kappa shape index (κ2) is 8.13. The Hall–Kier alpha value is -3.69. The second-order valence-corrected chi connectivity index (χ2v) is 7.05. The predicted molar refractivity (Wildman–Crippen MR) is 115 cm³/mol. The molecule has 0 radical (unpaired) electrons. The summed E-state index contributed by atoms with van der Waals surface area (Å²) in [6.07, 6.45) is 1.77. The van der Waals surface area contributed by atoms with E-state index in [-0.39, 0.29) is 0 Å². The number of aromatic nitrogens is 1. The molecule has 0 aliphatic rings. The fourth-order valence-corrected chi connectivity index (χ4v) is 3.68. The van der Waals surface area contributed by atoms with Crippen LogP contribution in [0.25, 0.3) is 33.9 Å². The number of thiazole rings is 1. The molecule has 0 N–H and O–H groups in total. The van der Waals surface area contributed by atoms with Crippen molar-refractivity contribution in [1.29, 1.82) is 5.26 Å². The first-order valence-corrected chi connectivity index (χ1v) is 9.89. The Labute approximate surface area is 171 Å². The molecule has 0 atom stereocenters. The Kier molecular flexibility index (Phi) is 5.23. The van der Waals surface area contributed by atoms with Crippen molar-refractivity contribution in [3.63, 3.8) is 0 Å². The number of fused-ring (bicyclic) bond motifs is 1. The SMILES string of the molecule is CCOc1ccc(C=C(C#N)c2nc(-c3cc4ccccc4oc3=O)cs2)cc1. The molecular formula is C23H16N2O3S. The van der Waals surface area contributed by atoms with Crippen LogP contribution in [-0.4, -0.2) is 11.6 Å². The van der Waals surface area contributed by atoms with Crippen molar-refractivity contribution in [3.8, 4) is 23.1 Å². The largest absolute Gasteiger partial charge is 0.494 e. The smallest absolute Gasteiger partial charge is 0.345 e. The molecule has 4 rings (SSSR count). The van der Waals surface area contributed by atoms with E-state index in [1.54, 1.807) is 23.6 Å². The highest BCUT2D eigenvalue weighted by atomic mass is 32.1. The minimum atomic E-state index is -0.449. The van der Waals surface area contributed by atoms with Crippen LogP contribution in [0.4, 0.5) is 0 Å². The van der Waals surface area contributed by atoms with E-state index >= 15 is 0 Å². The molecule has 2 aromatic heterocycles. The third kappa shape index (κ3) is 3.96. The van der Waals surface area contributed by atoms with E-state index in [0.717, 1.165) is 16.7 Å². The summed E-state index contributed by atoms with van der Waals surface area (Å²) >= 11 is 1.31. The van der Waals surface area contributed by atoms with Crippen molar-refractivity contribution in [1.82, 2.24) is 4.98 Å². The van der Waals surface area contributed by atoms with Gasteiger partial charge in [-0.3, -0.25) is 0 Å². The van der Waals surface area contributed by atoms with E-state index < -0.39 is 5.63 Å². The summed E-state index contributed by atoms with van der Waals surface area (Å²) in [5.41, 5.74) is 2.25. The molecule has 29 heavy (non-hydrogen) atoms. The van der Waals surface area contributed by atoms with E-state index in [2.05, 4.69) is 11.1 Å². The van der Waals surface area contributed by atoms with Gasteiger partial charge in [-0.25, -0.2) is 9.78 Å². The first-order chi connectivity index (χ1) is 14.2. The Morgan fingerprint density at radius 2 is 2.03 bits per heavy atom. The Morgan fingerprint density at radius 1 is 1.24 bits per heavy atom. The summed E-state index contributed by atoms with van der Waals surface area (Å²) in [4.78, 5) is 16.9. The third-order valence-electron chi connectivity index (χ3n) is 4.27. The van der Waals surface area contributed by atoms with Crippen LogP contribution in [0.1, 0.15) is 17.5 Å². The van der Waals surface area contributed by atoms with Gasteiger partial charge < -0.3 is 9.15 Å². The molecule has 0 unspecified atom stereocenters. The third-order valence-corrected chi connectivity index (χ3v) is 5.15. The zero-order valence-electron chi connectivity index (χ0n) is 15.6. The molecule has 6 heteroatoms. The molecule has 0 bridgehead atoms. The van der Waals surface area contributed by atoms with Gasteiger partial charge in [0.05, 0.1) is 23.4 Å². The van der Waals surface area contributed by atoms with Crippen molar-refractivity contribution in [2.24, 2.45) is 0 Å². The molecule has 0 aliphatic heterocycles. The van der Waals surface area contributed by atoms with Crippen LogP contribution in [0.15, 0.2) is 69.2 Å². The van der Waals surface area contributed by atoms with Gasteiger partial charge in [0, 0.05) is 10.8 Å². The molecule has 142 valence electrons. The number of benzene rings is 2. The molecule has 2 heterocycles. The number of para-hydroxylation sites is 1. The van der Waals surface area contributed by atoms with E-state index in [1.165, 1.54) is 11.3 Å². The van der Waals surface area contributed by atoms with Gasteiger partial charge in [0.15, 0.2) is 0 Å². The molecule has 4 aromatic rings. The fraction of sp³-hybridized carbons (Fsp3) is 0.0870. The fourth-order valence-electron chi connectivity index (χ4n) is 2.90. The second-order valence-electron chi connectivity index (χ2n) is 6.20. The molecule has 0 saturated heterocycles. The van der Waals surface area contributed by atoms with Crippen molar-refractivity contribution in [2.75, 3.05) is 6.61 Å². The summed E-state index contributed by atoms with van der Waals surface area (Å²) < 4.78 is 10.8. The van der Waals surface area contributed by atoms with Crippen molar-refractivity contribution in [3.05, 3.63) is 81.0 Å². The van der Waals surface area contributed by atoms with Crippen LogP contribution < -0.4 is 10.4 Å². The number of allylic oxidation sites excluding steroid dienone is 1. The standard InChI is InChI=1S/C23H16N2O3S/c1-2-27-18-9-7-15(8-10-18)11-17(13-24)22-25-20(14-29-22)19-12-16-5-3-4-6-21(16)28-23(19)26/h3-12,14H,2H2,1H3. The van der Waals surface area contributed by atoms with Gasteiger partial charge in [0.25, 0.3) is 0 Å². The first kappa shape index (κ1) is 18.7. The minimum absolute atomic E-state index is 0.379. The molecule has 0 amide bonds. The van der Waals surface area contributed by atoms with E-state index in [1.807, 2.05) is 49.4 Å². The molecule has 0 aliphatic carbocycles. The number of nitrogens with zero attached hydrogens (tertiary/aromatic N) is 2. The zero-order valence-corrected chi connectivity index (χ0v) is 16.4. The van der Waals surface area contributed by atoms with Crippen LogP contribution in [0.2, 0.25) is 0 Å². The monoisotopic (exact) mass is 400 g/mol. The summed E-state index contributed by atoms with van der Waals surface area (Å²) in [6.45, 7) is 2.53. The Morgan fingerprint density at radius 3 is 2.79 bits per heavy atom. The number of hydrogen-bond acceptors (Lipinski definition) is 6. The lowest BCUT2D eigenvalue weighted by atomic mass is 10.1. The average Bonchev–Trinajstić information content (AvgIpc) is 3.22. The highest BCUT2D eigenvalue weighted by Crippen LogP contribution is 2.27. The van der Waals surface area contributed by atoms with E-state index in [4.69, 9.17) is 9.15 Å². The lowest BCUT2D eigenvalue weighted by molar-refractivity contribution is 0.340. The van der Waals surface area contributed by atoms with E-state index in [9.17, 15) is 10.1 Å². The van der Waals surface area contributed by atoms with Crippen molar-refractivity contribution < 1.29 is 9.15 Å². The predicted octanol–water partition coefficient (Wildman–Crippen LogP) is 5.38. The lowest BCUT2D eigenvalue weighted by Gasteiger charge is -2.02. The van der Waals surface area contributed by atoms with Crippen LogP contribution in [-0.2, 0) is 0 Å². The van der Waals surface area contributed by atoms with Gasteiger partial charge in [-0.15, -0.1) is 11.3 Å². The van der Waals surface area contributed by atoms with Crippen molar-refractivity contribution in [2.45, 2.75) is 6.92 Å². The van der Waals surface area contributed by atoms with Gasteiger partial charge in [0.2, 0.25) is 0 Å². The summed E-state index contributed by atoms with van der Waals surface area (Å²) in [6, 6.07) is 18.8. The maximum absolute atomic E-state index is 12.4. The lowest BCUT2D eigenvalue weighted by Crippen LogP contribution is -2.02. The van der Waals surface area contributed by atoms with E-state index in [0.29, 0.717) is 34.0 Å². The number of ether oxygens (including phenoxy) is 1. The molecule has 2 aromatic carbocycles. The average molecular weight is 400 g/mol. The maximum Gasteiger partial charge on any atom is 0.345 e. The van der Waals surface area contributed by atoms with Gasteiger partial charge in [-0.1, -0.05) is 30.3 Å². The molecule has 0 spiro atoms. The molecule has 5 nitrogen and oxygen atoms in total. The molecule has 0 saturated carbocycles. The van der Waals surface area contributed by atoms with Gasteiger partial charge in [0.1, 0.15) is 22.4 Å².